The fraction of sp³-hybridized carbons (Fsp3) is 0.143. The van der Waals surface area contributed by atoms with Crippen molar-refractivity contribution in [2.45, 2.75) is 33.1 Å². The molecule has 0 aromatic heterocycles. The Morgan fingerprint density at radius 2 is 0.585 bits per heavy atom. The number of methoxy groups -OCH3 is 2. The summed E-state index contributed by atoms with van der Waals surface area (Å²) in [6.45, 7) is 8.83. The van der Waals surface area contributed by atoms with Crippen LogP contribution in [0.2, 0.25) is 0 Å². The van der Waals surface area contributed by atoms with Gasteiger partial charge in [0.1, 0.15) is 11.5 Å². The highest BCUT2D eigenvalue weighted by Gasteiger charge is 2.23. The molecule has 0 aliphatic heterocycles. The Labute approximate surface area is 314 Å². The zero-order chi connectivity index (χ0) is 37.0. The van der Waals surface area contributed by atoms with Gasteiger partial charge in [0.15, 0.2) is 0 Å². The SMILES string of the molecule is COc1ccc(N(c2ccc(C)cc2)c2ccc(N(c3ccc(OC)cc3)c3ccc(-c4ccc(C(C)(C)c5ccc(C)cc5)cc4)cc3)cc2)cc1. The fourth-order valence-corrected chi connectivity index (χ4v) is 6.82. The Morgan fingerprint density at radius 1 is 0.340 bits per heavy atom. The maximum atomic E-state index is 5.50. The summed E-state index contributed by atoms with van der Waals surface area (Å²) in [6.07, 6.45) is 0. The van der Waals surface area contributed by atoms with E-state index in [1.807, 2.05) is 24.3 Å². The van der Waals surface area contributed by atoms with Crippen molar-refractivity contribution in [1.82, 2.24) is 0 Å². The molecule has 0 N–H and O–H groups in total. The Balaban J connectivity index is 1.21. The Hall–Kier alpha value is -6.26. The van der Waals surface area contributed by atoms with E-state index >= 15 is 0 Å². The maximum absolute atomic E-state index is 5.50. The zero-order valence-electron chi connectivity index (χ0n) is 31.4. The van der Waals surface area contributed by atoms with E-state index in [9.17, 15) is 0 Å². The molecule has 0 saturated carbocycles. The topological polar surface area (TPSA) is 24.9 Å². The molecule has 0 amide bonds. The molecule has 4 nitrogen and oxygen atoms in total. The molecule has 0 aliphatic rings. The van der Waals surface area contributed by atoms with E-state index in [0.29, 0.717) is 0 Å². The second kappa shape index (κ2) is 15.1. The minimum absolute atomic E-state index is 0.0870. The van der Waals surface area contributed by atoms with Crippen molar-refractivity contribution in [2.75, 3.05) is 24.0 Å². The third kappa shape index (κ3) is 7.54. The first-order valence-electron chi connectivity index (χ1n) is 18.1. The van der Waals surface area contributed by atoms with Gasteiger partial charge in [-0.2, -0.15) is 0 Å². The summed E-state index contributed by atoms with van der Waals surface area (Å²) in [5.74, 6) is 1.65. The van der Waals surface area contributed by atoms with Crippen LogP contribution in [0.15, 0.2) is 170 Å². The zero-order valence-corrected chi connectivity index (χ0v) is 31.4. The molecule has 0 spiro atoms. The predicted octanol–water partition coefficient (Wildman–Crippen LogP) is 13.3. The molecule has 7 aromatic carbocycles. The number of hydrogen-bond donors (Lipinski definition) is 0. The van der Waals surface area contributed by atoms with E-state index in [2.05, 4.69) is 183 Å². The van der Waals surface area contributed by atoms with E-state index in [-0.39, 0.29) is 5.41 Å². The van der Waals surface area contributed by atoms with Gasteiger partial charge in [0.2, 0.25) is 0 Å². The highest BCUT2D eigenvalue weighted by molar-refractivity contribution is 5.82. The van der Waals surface area contributed by atoms with Gasteiger partial charge in [-0.25, -0.2) is 0 Å². The molecule has 0 radical (unpaired) electrons. The molecule has 0 aliphatic carbocycles. The summed E-state index contributed by atoms with van der Waals surface area (Å²) >= 11 is 0. The molecular weight excluding hydrogens is 649 g/mol. The molecule has 7 aromatic rings. The van der Waals surface area contributed by atoms with Gasteiger partial charge in [0, 0.05) is 39.5 Å². The predicted molar refractivity (Wildman–Crippen MR) is 222 cm³/mol. The van der Waals surface area contributed by atoms with Gasteiger partial charge in [-0.3, -0.25) is 0 Å². The van der Waals surface area contributed by atoms with Crippen LogP contribution in [0.4, 0.5) is 34.1 Å². The number of hydrogen-bond acceptors (Lipinski definition) is 4. The third-order valence-corrected chi connectivity index (χ3v) is 10.2. The van der Waals surface area contributed by atoms with E-state index in [1.54, 1.807) is 14.2 Å². The summed E-state index contributed by atoms with van der Waals surface area (Å²) < 4.78 is 11.0. The molecule has 0 fully saturated rings. The standard InChI is InChI=1S/C49H46N2O2/c1-35-7-15-39(16-8-35)49(3,4)40-17-11-37(12-18-40)38-13-21-42(22-14-38)51(46-29-33-48(53-6)34-30-46)44-25-23-43(24-26-44)50(41-19-9-36(2)10-20-41)45-27-31-47(52-5)32-28-45/h7-34H,1-6H3. The largest absolute Gasteiger partial charge is 0.497 e. The number of ether oxygens (including phenoxy) is 2. The minimum Gasteiger partial charge on any atom is -0.497 e. The molecule has 0 bridgehead atoms. The van der Waals surface area contributed by atoms with E-state index in [1.165, 1.54) is 33.4 Å². The van der Waals surface area contributed by atoms with Crippen molar-refractivity contribution in [3.63, 3.8) is 0 Å². The molecular formula is C49H46N2O2. The first-order chi connectivity index (χ1) is 25.7. The molecule has 7 rings (SSSR count). The minimum atomic E-state index is -0.0870. The quantitative estimate of drug-likeness (QED) is 0.135. The third-order valence-electron chi connectivity index (χ3n) is 10.2. The van der Waals surface area contributed by atoms with Gasteiger partial charge >= 0.3 is 0 Å². The van der Waals surface area contributed by atoms with Crippen molar-refractivity contribution in [1.29, 1.82) is 0 Å². The van der Waals surface area contributed by atoms with E-state index in [0.717, 1.165) is 45.6 Å². The summed E-state index contributed by atoms with van der Waals surface area (Å²) in [6, 6.07) is 60.5. The first-order valence-corrected chi connectivity index (χ1v) is 18.1. The molecule has 4 heteroatoms. The number of benzene rings is 7. The highest BCUT2D eigenvalue weighted by Crippen LogP contribution is 2.41. The lowest BCUT2D eigenvalue weighted by Gasteiger charge is -2.28. The van der Waals surface area contributed by atoms with Crippen LogP contribution < -0.4 is 19.3 Å². The molecule has 0 atom stereocenters. The number of anilines is 6. The van der Waals surface area contributed by atoms with Crippen LogP contribution in [0.25, 0.3) is 11.1 Å². The van der Waals surface area contributed by atoms with Gasteiger partial charge in [0.25, 0.3) is 0 Å². The highest BCUT2D eigenvalue weighted by atomic mass is 16.5. The number of rotatable bonds is 11. The summed E-state index contributed by atoms with van der Waals surface area (Å²) in [7, 11) is 3.39. The maximum Gasteiger partial charge on any atom is 0.119 e. The van der Waals surface area contributed by atoms with Crippen LogP contribution in [0.5, 0.6) is 11.5 Å². The summed E-state index contributed by atoms with van der Waals surface area (Å²) in [4.78, 5) is 4.55. The second-order valence-corrected chi connectivity index (χ2v) is 14.0. The van der Waals surface area contributed by atoms with Crippen LogP contribution >= 0.6 is 0 Å². The molecule has 0 heterocycles. The average molecular weight is 695 g/mol. The van der Waals surface area contributed by atoms with Crippen LogP contribution in [0, 0.1) is 13.8 Å². The van der Waals surface area contributed by atoms with Crippen molar-refractivity contribution in [2.24, 2.45) is 0 Å². The molecule has 53 heavy (non-hydrogen) atoms. The van der Waals surface area contributed by atoms with Gasteiger partial charge in [-0.1, -0.05) is 97.8 Å². The molecule has 0 saturated heterocycles. The van der Waals surface area contributed by atoms with Crippen LogP contribution in [-0.4, -0.2) is 14.2 Å². The van der Waals surface area contributed by atoms with E-state index in [4.69, 9.17) is 9.47 Å². The van der Waals surface area contributed by atoms with Crippen LogP contribution in [-0.2, 0) is 5.41 Å². The summed E-state index contributed by atoms with van der Waals surface area (Å²) in [5.41, 5.74) is 13.7. The van der Waals surface area contributed by atoms with E-state index < -0.39 is 0 Å². The van der Waals surface area contributed by atoms with Gasteiger partial charge in [0.05, 0.1) is 14.2 Å². The van der Waals surface area contributed by atoms with Crippen LogP contribution in [0.3, 0.4) is 0 Å². The van der Waals surface area contributed by atoms with Crippen molar-refractivity contribution in [3.8, 4) is 22.6 Å². The lowest BCUT2D eigenvalue weighted by molar-refractivity contribution is 0.414. The normalized spacial score (nSPS) is 11.2. The lowest BCUT2D eigenvalue weighted by Crippen LogP contribution is -2.18. The molecule has 0 unspecified atom stereocenters. The van der Waals surface area contributed by atoms with Crippen molar-refractivity contribution < 1.29 is 9.47 Å². The smallest absolute Gasteiger partial charge is 0.119 e. The first kappa shape index (κ1) is 35.2. The Bertz CT molecular complexity index is 2240. The van der Waals surface area contributed by atoms with Crippen molar-refractivity contribution >= 4 is 34.1 Å². The van der Waals surface area contributed by atoms with Crippen LogP contribution in [0.1, 0.15) is 36.1 Å². The molecule has 264 valence electrons. The lowest BCUT2D eigenvalue weighted by atomic mass is 9.77. The number of aryl methyl sites for hydroxylation is 2. The number of nitrogens with zero attached hydrogens (tertiary/aromatic N) is 2. The average Bonchev–Trinajstić information content (AvgIpc) is 3.20. The fourth-order valence-electron chi connectivity index (χ4n) is 6.82. The Kier molecular flexibility index (Phi) is 10.0. The Morgan fingerprint density at radius 3 is 0.925 bits per heavy atom. The van der Waals surface area contributed by atoms with Gasteiger partial charge < -0.3 is 19.3 Å². The second-order valence-electron chi connectivity index (χ2n) is 14.0. The van der Waals surface area contributed by atoms with Gasteiger partial charge in [-0.15, -0.1) is 0 Å². The van der Waals surface area contributed by atoms with Gasteiger partial charge in [-0.05, 0) is 133 Å². The van der Waals surface area contributed by atoms with Crippen molar-refractivity contribution in [3.05, 3.63) is 192 Å². The monoisotopic (exact) mass is 694 g/mol. The summed E-state index contributed by atoms with van der Waals surface area (Å²) in [5, 5.41) is 0.